The van der Waals surface area contributed by atoms with Crippen molar-refractivity contribution in [3.8, 4) is 0 Å². The van der Waals surface area contributed by atoms with Crippen LogP contribution >= 0.6 is 12.4 Å². The second kappa shape index (κ2) is 8.94. The van der Waals surface area contributed by atoms with Gasteiger partial charge in [-0.05, 0) is 4.53 Å². The predicted octanol–water partition coefficient (Wildman–Crippen LogP) is 0.834. The summed E-state index contributed by atoms with van der Waals surface area (Å²) in [5.41, 5.74) is 1.94. The molecular formula is C2H7ClFNO. The van der Waals surface area contributed by atoms with Gasteiger partial charge in [0.1, 0.15) is 0 Å². The van der Waals surface area contributed by atoms with Crippen LogP contribution in [0.4, 0.5) is 4.53 Å². The average molecular weight is 116 g/mol. The molecule has 0 spiro atoms. The highest BCUT2D eigenvalue weighted by atomic mass is 35.5. The van der Waals surface area contributed by atoms with E-state index in [0.717, 1.165) is 0 Å². The zero-order valence-corrected chi connectivity index (χ0v) is 4.22. The highest BCUT2D eigenvalue weighted by Gasteiger charge is 1.66. The third-order valence-corrected chi connectivity index (χ3v) is 0.199. The maximum atomic E-state index is 10.4. The smallest absolute Gasteiger partial charge is 0.0214 e. The van der Waals surface area contributed by atoms with Gasteiger partial charge in [-0.15, -0.1) is 12.4 Å². The van der Waals surface area contributed by atoms with E-state index in [0.29, 0.717) is 6.54 Å². The van der Waals surface area contributed by atoms with Crippen LogP contribution in [-0.4, -0.2) is 6.54 Å². The molecule has 0 amide bonds. The molecule has 0 aliphatic carbocycles. The quantitative estimate of drug-likeness (QED) is 0.539. The summed E-state index contributed by atoms with van der Waals surface area (Å²) in [6.07, 6.45) is 0. The lowest BCUT2D eigenvalue weighted by atomic mass is 10.8. The summed E-state index contributed by atoms with van der Waals surface area (Å²) in [6, 6.07) is 0. The molecule has 0 aromatic carbocycles. The SMILES string of the molecule is CCNOF.Cl. The first kappa shape index (κ1) is 9.46. The molecule has 0 saturated carbocycles. The van der Waals surface area contributed by atoms with E-state index in [9.17, 15) is 4.53 Å². The maximum absolute atomic E-state index is 10.4. The van der Waals surface area contributed by atoms with Gasteiger partial charge in [0.25, 0.3) is 0 Å². The molecular weight excluding hydrogens is 108 g/mol. The Morgan fingerprint density at radius 2 is 2.33 bits per heavy atom. The van der Waals surface area contributed by atoms with Crippen LogP contribution < -0.4 is 5.48 Å². The van der Waals surface area contributed by atoms with Crippen molar-refractivity contribution in [3.63, 3.8) is 0 Å². The van der Waals surface area contributed by atoms with Gasteiger partial charge in [-0.25, -0.2) is 0 Å². The van der Waals surface area contributed by atoms with Crippen LogP contribution in [0.3, 0.4) is 0 Å². The third-order valence-electron chi connectivity index (χ3n) is 0.199. The minimum atomic E-state index is 0. The van der Waals surface area contributed by atoms with Gasteiger partial charge in [-0.3, -0.25) is 0 Å². The number of nitrogens with one attached hydrogen (secondary N) is 1. The molecule has 2 nitrogen and oxygen atoms in total. The Morgan fingerprint density at radius 3 is 2.33 bits per heavy atom. The van der Waals surface area contributed by atoms with Gasteiger partial charge in [0.2, 0.25) is 0 Å². The average Bonchev–Trinajstić information content (AvgIpc) is 1.41. The van der Waals surface area contributed by atoms with Gasteiger partial charge in [0.05, 0.1) is 0 Å². The molecule has 0 aromatic rings. The molecule has 0 saturated heterocycles. The molecule has 0 bridgehead atoms. The van der Waals surface area contributed by atoms with Gasteiger partial charge in [0, 0.05) is 6.54 Å². The largest absolute Gasteiger partial charge is 0.165 e. The highest BCUT2D eigenvalue weighted by molar-refractivity contribution is 5.85. The summed E-state index contributed by atoms with van der Waals surface area (Å²) < 4.78 is 10.4. The molecule has 0 unspecified atom stereocenters. The fraction of sp³-hybridized carbons (Fsp3) is 1.00. The van der Waals surface area contributed by atoms with E-state index >= 15 is 0 Å². The summed E-state index contributed by atoms with van der Waals surface area (Å²) >= 11 is 0. The first-order valence-corrected chi connectivity index (χ1v) is 1.42. The summed E-state index contributed by atoms with van der Waals surface area (Å²) in [4.78, 5) is 0. The van der Waals surface area contributed by atoms with Gasteiger partial charge >= 0.3 is 0 Å². The van der Waals surface area contributed by atoms with Crippen molar-refractivity contribution in [2.75, 3.05) is 6.54 Å². The monoisotopic (exact) mass is 115 g/mol. The molecule has 0 radical (unpaired) electrons. The van der Waals surface area contributed by atoms with Crippen LogP contribution in [0.1, 0.15) is 6.92 Å². The van der Waals surface area contributed by atoms with Crippen LogP contribution in [0, 0.1) is 0 Å². The molecule has 0 aromatic heterocycles. The van der Waals surface area contributed by atoms with Gasteiger partial charge in [0.15, 0.2) is 0 Å². The fourth-order valence-electron chi connectivity index (χ4n) is 0.0546. The molecule has 40 valence electrons. The first-order valence-electron chi connectivity index (χ1n) is 1.42. The Kier molecular flexibility index (Phi) is 14.1. The predicted molar refractivity (Wildman–Crippen MR) is 23.1 cm³/mol. The van der Waals surface area contributed by atoms with Crippen molar-refractivity contribution < 1.29 is 9.57 Å². The van der Waals surface area contributed by atoms with E-state index in [1.165, 1.54) is 0 Å². The lowest BCUT2D eigenvalue weighted by Gasteiger charge is -1.82. The second-order valence-corrected chi connectivity index (χ2v) is 0.575. The summed E-state index contributed by atoms with van der Waals surface area (Å²) in [5, 5.41) is 2.94. The van der Waals surface area contributed by atoms with Crippen molar-refractivity contribution in [3.05, 3.63) is 0 Å². The lowest BCUT2D eigenvalue weighted by molar-refractivity contribution is -0.191. The molecule has 0 aliphatic heterocycles. The number of hydrogen-bond donors (Lipinski definition) is 1. The van der Waals surface area contributed by atoms with Crippen molar-refractivity contribution in [2.24, 2.45) is 0 Å². The van der Waals surface area contributed by atoms with Crippen molar-refractivity contribution in [2.45, 2.75) is 6.92 Å². The van der Waals surface area contributed by atoms with Crippen LogP contribution in [0.15, 0.2) is 0 Å². The van der Waals surface area contributed by atoms with E-state index in [1.54, 1.807) is 6.92 Å². The van der Waals surface area contributed by atoms with Gasteiger partial charge in [-0.1, -0.05) is 12.0 Å². The molecule has 0 atom stereocenters. The zero-order chi connectivity index (χ0) is 4.12. The minimum Gasteiger partial charge on any atom is -0.165 e. The topological polar surface area (TPSA) is 21.3 Å². The van der Waals surface area contributed by atoms with E-state index in [-0.39, 0.29) is 12.4 Å². The van der Waals surface area contributed by atoms with E-state index < -0.39 is 0 Å². The summed E-state index contributed by atoms with van der Waals surface area (Å²) in [7, 11) is 0. The van der Waals surface area contributed by atoms with Crippen molar-refractivity contribution in [1.29, 1.82) is 0 Å². The third kappa shape index (κ3) is 8.91. The van der Waals surface area contributed by atoms with Crippen molar-refractivity contribution >= 4 is 12.4 Å². The zero-order valence-electron chi connectivity index (χ0n) is 3.40. The minimum absolute atomic E-state index is 0. The van der Waals surface area contributed by atoms with E-state index in [4.69, 9.17) is 0 Å². The van der Waals surface area contributed by atoms with Crippen LogP contribution in [-0.2, 0) is 5.04 Å². The second-order valence-electron chi connectivity index (χ2n) is 0.575. The first-order chi connectivity index (χ1) is 2.41. The summed E-state index contributed by atoms with van der Waals surface area (Å²) in [5.74, 6) is 0. The standard InChI is InChI=1S/C2H6FNO.ClH/c1-2-4-5-3;/h4H,2H2,1H3;1H. The molecule has 0 heterocycles. The molecule has 0 aliphatic rings. The fourth-order valence-corrected chi connectivity index (χ4v) is 0.0546. The van der Waals surface area contributed by atoms with Gasteiger partial charge < -0.3 is 0 Å². The van der Waals surface area contributed by atoms with Crippen LogP contribution in [0.5, 0.6) is 0 Å². The molecule has 0 rings (SSSR count). The Hall–Kier alpha value is 0.140. The van der Waals surface area contributed by atoms with E-state index in [2.05, 4.69) is 5.04 Å². The Bertz CT molecular complexity index is 21.0. The van der Waals surface area contributed by atoms with Crippen LogP contribution in [0.2, 0.25) is 0 Å². The highest BCUT2D eigenvalue weighted by Crippen LogP contribution is 1.56. The number of hydroxylamine groups is 1. The van der Waals surface area contributed by atoms with E-state index in [1.807, 2.05) is 5.48 Å². The Balaban J connectivity index is 0. The Labute approximate surface area is 41.9 Å². The number of halogens is 2. The molecule has 0 fully saturated rings. The molecule has 4 heteroatoms. The Morgan fingerprint density at radius 1 is 1.83 bits per heavy atom. The van der Waals surface area contributed by atoms with Gasteiger partial charge in [-0.2, -0.15) is 5.48 Å². The number of rotatable bonds is 2. The number of hydrogen-bond acceptors (Lipinski definition) is 2. The normalized spacial score (nSPS) is 7.00. The van der Waals surface area contributed by atoms with Crippen LogP contribution in [0.25, 0.3) is 0 Å². The molecule has 6 heavy (non-hydrogen) atoms. The maximum Gasteiger partial charge on any atom is 0.0214 e. The lowest BCUT2D eigenvalue weighted by Crippen LogP contribution is -2.06. The summed E-state index contributed by atoms with van der Waals surface area (Å²) in [6.45, 7) is 2.23. The van der Waals surface area contributed by atoms with Crippen molar-refractivity contribution in [1.82, 2.24) is 5.48 Å². The molecule has 1 N–H and O–H groups in total.